The van der Waals surface area contributed by atoms with E-state index in [0.717, 1.165) is 23.7 Å². The van der Waals surface area contributed by atoms with Crippen molar-refractivity contribution in [3.05, 3.63) is 52.7 Å². The number of amides is 2. The lowest BCUT2D eigenvalue weighted by Crippen LogP contribution is -2.41. The highest BCUT2D eigenvalue weighted by atomic mass is 16.5. The molecular formula is C24H27N3O5. The number of methoxy groups -OCH3 is 3. The standard InChI is InChI=1S/C24H27N3O5/c1-13-5-7-18-16(9-13)17-10-14(6-8-19(17)25-18)23(28)26-27-24(29)15-11-20(30-2)22(32-4)21(12-15)31-3/h6,8,10-13,25H,5,7,9H2,1-4H3,(H,26,28)(H,27,29)/t13-/m0/s1. The highest BCUT2D eigenvalue weighted by Gasteiger charge is 2.21. The van der Waals surface area contributed by atoms with Crippen molar-refractivity contribution in [2.24, 2.45) is 5.92 Å². The summed E-state index contributed by atoms with van der Waals surface area (Å²) in [5.41, 5.74) is 9.24. The van der Waals surface area contributed by atoms with Crippen LogP contribution in [0.4, 0.5) is 0 Å². The first-order chi connectivity index (χ1) is 15.4. The zero-order valence-electron chi connectivity index (χ0n) is 18.6. The number of aromatic nitrogens is 1. The van der Waals surface area contributed by atoms with Crippen molar-refractivity contribution in [2.45, 2.75) is 26.2 Å². The van der Waals surface area contributed by atoms with Crippen LogP contribution in [0.3, 0.4) is 0 Å². The highest BCUT2D eigenvalue weighted by molar-refractivity contribution is 6.02. The smallest absolute Gasteiger partial charge is 0.269 e. The quantitative estimate of drug-likeness (QED) is 0.531. The minimum Gasteiger partial charge on any atom is -0.493 e. The maximum absolute atomic E-state index is 12.7. The fourth-order valence-corrected chi connectivity index (χ4v) is 4.20. The van der Waals surface area contributed by atoms with Gasteiger partial charge in [0, 0.05) is 27.7 Å². The Morgan fingerprint density at radius 1 is 0.938 bits per heavy atom. The molecule has 0 fully saturated rings. The Bertz CT molecular complexity index is 1160. The summed E-state index contributed by atoms with van der Waals surface area (Å²) in [6.45, 7) is 2.25. The molecule has 0 spiro atoms. The number of hydrogen-bond acceptors (Lipinski definition) is 5. The topological polar surface area (TPSA) is 102 Å². The van der Waals surface area contributed by atoms with Crippen molar-refractivity contribution in [2.75, 3.05) is 21.3 Å². The number of ether oxygens (including phenoxy) is 3. The minimum atomic E-state index is -0.508. The Morgan fingerprint density at radius 3 is 2.22 bits per heavy atom. The van der Waals surface area contributed by atoms with Gasteiger partial charge in [0.25, 0.3) is 11.8 Å². The van der Waals surface area contributed by atoms with Gasteiger partial charge in [0.15, 0.2) is 11.5 Å². The van der Waals surface area contributed by atoms with E-state index in [0.29, 0.717) is 28.7 Å². The zero-order valence-corrected chi connectivity index (χ0v) is 18.6. The SMILES string of the molecule is COc1cc(C(=O)NNC(=O)c2ccc3[nH]c4c(c3c2)C[C@@H](C)CC4)cc(OC)c1OC. The summed E-state index contributed by atoms with van der Waals surface area (Å²) >= 11 is 0. The van der Waals surface area contributed by atoms with Crippen molar-refractivity contribution in [1.82, 2.24) is 15.8 Å². The number of carbonyl (C=O) groups excluding carboxylic acids is 2. The largest absolute Gasteiger partial charge is 0.493 e. The third kappa shape index (κ3) is 3.95. The first-order valence-electron chi connectivity index (χ1n) is 10.5. The first kappa shape index (κ1) is 21.5. The van der Waals surface area contributed by atoms with Crippen LogP contribution < -0.4 is 25.1 Å². The van der Waals surface area contributed by atoms with Crippen LogP contribution in [-0.4, -0.2) is 38.1 Å². The van der Waals surface area contributed by atoms with Gasteiger partial charge in [-0.15, -0.1) is 0 Å². The van der Waals surface area contributed by atoms with Gasteiger partial charge in [-0.3, -0.25) is 20.4 Å². The van der Waals surface area contributed by atoms with E-state index in [2.05, 4.69) is 22.8 Å². The molecule has 2 aromatic carbocycles. The fraction of sp³-hybridized carbons (Fsp3) is 0.333. The maximum atomic E-state index is 12.7. The molecule has 1 aliphatic carbocycles. The first-order valence-corrected chi connectivity index (χ1v) is 10.5. The number of H-pyrrole nitrogens is 1. The summed E-state index contributed by atoms with van der Waals surface area (Å²) in [7, 11) is 4.42. The molecule has 1 aliphatic rings. The number of hydrogen-bond donors (Lipinski definition) is 3. The molecule has 3 aromatic rings. The Balaban J connectivity index is 1.51. The Kier molecular flexibility index (Phi) is 5.94. The third-order valence-electron chi connectivity index (χ3n) is 5.91. The third-order valence-corrected chi connectivity index (χ3v) is 5.91. The van der Waals surface area contributed by atoms with Gasteiger partial charge in [-0.25, -0.2) is 0 Å². The lowest BCUT2D eigenvalue weighted by atomic mass is 9.87. The monoisotopic (exact) mass is 437 g/mol. The van der Waals surface area contributed by atoms with E-state index in [4.69, 9.17) is 14.2 Å². The predicted molar refractivity (Wildman–Crippen MR) is 121 cm³/mol. The van der Waals surface area contributed by atoms with Gasteiger partial charge in [0.1, 0.15) is 0 Å². The molecule has 8 heteroatoms. The van der Waals surface area contributed by atoms with E-state index in [1.165, 1.54) is 51.1 Å². The van der Waals surface area contributed by atoms with Gasteiger partial charge in [0.05, 0.1) is 21.3 Å². The van der Waals surface area contributed by atoms with Crippen molar-refractivity contribution >= 4 is 22.7 Å². The molecule has 8 nitrogen and oxygen atoms in total. The van der Waals surface area contributed by atoms with E-state index >= 15 is 0 Å². The van der Waals surface area contributed by atoms with E-state index < -0.39 is 11.8 Å². The number of rotatable bonds is 5. The van der Waals surface area contributed by atoms with E-state index in [1.807, 2.05) is 12.1 Å². The summed E-state index contributed by atoms with van der Waals surface area (Å²) < 4.78 is 15.8. The molecule has 0 saturated heterocycles. The molecule has 0 saturated carbocycles. The van der Waals surface area contributed by atoms with Crippen LogP contribution >= 0.6 is 0 Å². The minimum absolute atomic E-state index is 0.254. The molecule has 0 bridgehead atoms. The van der Waals surface area contributed by atoms with Gasteiger partial charge in [-0.2, -0.15) is 0 Å². The molecule has 0 radical (unpaired) electrons. The summed E-state index contributed by atoms with van der Waals surface area (Å²) in [5, 5.41) is 1.06. The van der Waals surface area contributed by atoms with Crippen LogP contribution in [0.1, 0.15) is 45.3 Å². The number of carbonyl (C=O) groups is 2. The zero-order chi connectivity index (χ0) is 22.8. The van der Waals surface area contributed by atoms with Gasteiger partial charge < -0.3 is 19.2 Å². The number of hydrazine groups is 1. The molecule has 3 N–H and O–H groups in total. The number of aromatic amines is 1. The average molecular weight is 437 g/mol. The molecular weight excluding hydrogens is 410 g/mol. The normalized spacial score (nSPS) is 15.1. The predicted octanol–water partition coefficient (Wildman–Crippen LogP) is 3.39. The van der Waals surface area contributed by atoms with Gasteiger partial charge >= 0.3 is 0 Å². The Morgan fingerprint density at radius 2 is 1.59 bits per heavy atom. The number of nitrogens with one attached hydrogen (secondary N) is 3. The average Bonchev–Trinajstić information content (AvgIpc) is 3.18. The summed E-state index contributed by atoms with van der Waals surface area (Å²) in [6, 6.07) is 8.57. The van der Waals surface area contributed by atoms with Gasteiger partial charge in [-0.05, 0) is 61.1 Å². The molecule has 0 aliphatic heterocycles. The molecule has 2 amide bonds. The van der Waals surface area contributed by atoms with Crippen LogP contribution in [0.25, 0.3) is 10.9 Å². The van der Waals surface area contributed by atoms with Crippen LogP contribution in [0.2, 0.25) is 0 Å². The fourth-order valence-electron chi connectivity index (χ4n) is 4.20. The lowest BCUT2D eigenvalue weighted by molar-refractivity contribution is 0.0846. The van der Waals surface area contributed by atoms with Crippen LogP contribution in [0.5, 0.6) is 17.2 Å². The van der Waals surface area contributed by atoms with Crippen molar-refractivity contribution in [3.63, 3.8) is 0 Å². The molecule has 1 atom stereocenters. The Hall–Kier alpha value is -3.68. The molecule has 4 rings (SSSR count). The van der Waals surface area contributed by atoms with E-state index in [9.17, 15) is 9.59 Å². The number of benzene rings is 2. The maximum Gasteiger partial charge on any atom is 0.269 e. The molecule has 32 heavy (non-hydrogen) atoms. The molecule has 0 unspecified atom stereocenters. The van der Waals surface area contributed by atoms with Crippen molar-refractivity contribution < 1.29 is 23.8 Å². The summed E-state index contributed by atoms with van der Waals surface area (Å²) in [6.07, 6.45) is 3.19. The van der Waals surface area contributed by atoms with Crippen LogP contribution in [0.15, 0.2) is 30.3 Å². The Labute approximate surface area is 186 Å². The lowest BCUT2D eigenvalue weighted by Gasteiger charge is -2.18. The van der Waals surface area contributed by atoms with E-state index in [-0.39, 0.29) is 5.56 Å². The second-order valence-corrected chi connectivity index (χ2v) is 8.01. The van der Waals surface area contributed by atoms with Gasteiger partial charge in [-0.1, -0.05) is 6.92 Å². The highest BCUT2D eigenvalue weighted by Crippen LogP contribution is 2.38. The number of fused-ring (bicyclic) bond motifs is 3. The van der Waals surface area contributed by atoms with Crippen molar-refractivity contribution in [3.8, 4) is 17.2 Å². The second kappa shape index (κ2) is 8.82. The summed E-state index contributed by atoms with van der Waals surface area (Å²) in [4.78, 5) is 28.8. The molecule has 168 valence electrons. The van der Waals surface area contributed by atoms with E-state index in [1.54, 1.807) is 6.07 Å². The number of aryl methyl sites for hydroxylation is 1. The van der Waals surface area contributed by atoms with Crippen LogP contribution in [0, 0.1) is 5.92 Å². The van der Waals surface area contributed by atoms with Gasteiger partial charge in [0.2, 0.25) is 5.75 Å². The van der Waals surface area contributed by atoms with Crippen LogP contribution in [-0.2, 0) is 12.8 Å². The second-order valence-electron chi connectivity index (χ2n) is 8.01. The summed E-state index contributed by atoms with van der Waals surface area (Å²) in [5.74, 6) is 0.795. The molecule has 1 aromatic heterocycles. The molecule has 1 heterocycles. The van der Waals surface area contributed by atoms with Crippen molar-refractivity contribution in [1.29, 1.82) is 0 Å².